The topological polar surface area (TPSA) is 65.5 Å². The zero-order valence-electron chi connectivity index (χ0n) is 9.89. The van der Waals surface area contributed by atoms with E-state index in [1.54, 1.807) is 6.07 Å². The molecule has 0 bridgehead atoms. The van der Waals surface area contributed by atoms with Crippen molar-refractivity contribution >= 4 is 11.7 Å². The van der Waals surface area contributed by atoms with Gasteiger partial charge in [-0.05, 0) is 38.4 Å². The number of hydrogen-bond acceptors (Lipinski definition) is 4. The Morgan fingerprint density at radius 1 is 1.71 bits per heavy atom. The van der Waals surface area contributed by atoms with Gasteiger partial charge in [0.25, 0.3) is 0 Å². The van der Waals surface area contributed by atoms with E-state index in [-0.39, 0.29) is 17.5 Å². The molecule has 0 spiro atoms. The molecule has 92 valence electrons. The lowest BCUT2D eigenvalue weighted by Crippen LogP contribution is -2.35. The highest BCUT2D eigenvalue weighted by Gasteiger charge is 2.22. The first kappa shape index (κ1) is 11.9. The normalized spacial score (nSPS) is 20.4. The number of nitrogens with one attached hydrogen (secondary N) is 1. The van der Waals surface area contributed by atoms with Crippen molar-refractivity contribution in [3.8, 4) is 5.75 Å². The highest BCUT2D eigenvalue weighted by Crippen LogP contribution is 2.19. The lowest BCUT2D eigenvalue weighted by atomic mass is 10.2. The van der Waals surface area contributed by atoms with E-state index in [1.807, 2.05) is 0 Å². The van der Waals surface area contributed by atoms with Crippen LogP contribution in [0.25, 0.3) is 0 Å². The minimum Gasteiger partial charge on any atom is -0.504 e. The molecule has 0 radical (unpaired) electrons. The van der Waals surface area contributed by atoms with Crippen LogP contribution >= 0.6 is 0 Å². The van der Waals surface area contributed by atoms with Crippen molar-refractivity contribution < 1.29 is 9.90 Å². The summed E-state index contributed by atoms with van der Waals surface area (Å²) in [6, 6.07) is 3.58. The fraction of sp³-hybridized carbons (Fsp3) is 0.500. The van der Waals surface area contributed by atoms with Gasteiger partial charge in [0.15, 0.2) is 11.6 Å². The van der Waals surface area contributed by atoms with E-state index >= 15 is 0 Å². The van der Waals surface area contributed by atoms with Crippen LogP contribution in [0.15, 0.2) is 18.3 Å². The van der Waals surface area contributed by atoms with Crippen LogP contribution in [0.2, 0.25) is 0 Å². The van der Waals surface area contributed by atoms with Crippen LogP contribution in [0.1, 0.15) is 19.8 Å². The quantitative estimate of drug-likeness (QED) is 0.826. The zero-order valence-corrected chi connectivity index (χ0v) is 9.89. The molecule has 2 N–H and O–H groups in total. The molecule has 5 nitrogen and oxygen atoms in total. The predicted molar refractivity (Wildman–Crippen MR) is 64.8 cm³/mol. The number of likely N-dealkylation sites (tertiary alicyclic amines) is 1. The summed E-state index contributed by atoms with van der Waals surface area (Å²) in [7, 11) is 0. The molecule has 0 saturated carbocycles. The molecule has 5 heteroatoms. The standard InChI is InChI=1S/C12H17N3O2/c1-9-4-3-7-15(9)8-11(17)14-12-10(16)5-2-6-13-12/h2,5-6,9,16H,3-4,7-8H2,1H3,(H,13,14,17). The average molecular weight is 235 g/mol. The van der Waals surface area contributed by atoms with Gasteiger partial charge in [-0.3, -0.25) is 9.69 Å². The first-order chi connectivity index (χ1) is 8.16. The third-order valence-electron chi connectivity index (χ3n) is 3.08. The molecule has 1 amide bonds. The molecule has 2 heterocycles. The van der Waals surface area contributed by atoms with Gasteiger partial charge in [0.1, 0.15) is 0 Å². The monoisotopic (exact) mass is 235 g/mol. The van der Waals surface area contributed by atoms with Gasteiger partial charge >= 0.3 is 0 Å². The highest BCUT2D eigenvalue weighted by atomic mass is 16.3. The van der Waals surface area contributed by atoms with Gasteiger partial charge in [-0.2, -0.15) is 0 Å². The second kappa shape index (κ2) is 5.14. The van der Waals surface area contributed by atoms with Crippen molar-refractivity contribution in [2.24, 2.45) is 0 Å². The highest BCUT2D eigenvalue weighted by molar-refractivity contribution is 5.92. The number of carbonyl (C=O) groups is 1. The molecular weight excluding hydrogens is 218 g/mol. The van der Waals surface area contributed by atoms with Crippen LogP contribution in [0.3, 0.4) is 0 Å². The summed E-state index contributed by atoms with van der Waals surface area (Å²) in [6.45, 7) is 3.44. The molecule has 1 saturated heterocycles. The Morgan fingerprint density at radius 2 is 2.53 bits per heavy atom. The number of pyridine rings is 1. The zero-order chi connectivity index (χ0) is 12.3. The molecule has 1 aliphatic rings. The molecule has 1 aromatic rings. The van der Waals surface area contributed by atoms with Crippen molar-refractivity contribution in [3.05, 3.63) is 18.3 Å². The fourth-order valence-electron chi connectivity index (χ4n) is 2.08. The number of hydrogen-bond donors (Lipinski definition) is 2. The van der Waals surface area contributed by atoms with E-state index in [0.29, 0.717) is 12.6 Å². The summed E-state index contributed by atoms with van der Waals surface area (Å²) in [5.41, 5.74) is 0. The SMILES string of the molecule is CC1CCCN1CC(=O)Nc1ncccc1O. The van der Waals surface area contributed by atoms with Gasteiger partial charge in [-0.1, -0.05) is 0 Å². The molecule has 0 aromatic carbocycles. The summed E-state index contributed by atoms with van der Waals surface area (Å²) in [4.78, 5) is 17.8. The van der Waals surface area contributed by atoms with Crippen LogP contribution in [-0.4, -0.2) is 40.0 Å². The molecule has 1 aliphatic heterocycles. The Bertz CT molecular complexity index is 408. The maximum atomic E-state index is 11.8. The van der Waals surface area contributed by atoms with Crippen molar-refractivity contribution in [2.45, 2.75) is 25.8 Å². The van der Waals surface area contributed by atoms with E-state index in [4.69, 9.17) is 0 Å². The number of aromatic nitrogens is 1. The van der Waals surface area contributed by atoms with Gasteiger partial charge in [-0.25, -0.2) is 4.98 Å². The van der Waals surface area contributed by atoms with Gasteiger partial charge in [0.2, 0.25) is 5.91 Å². The van der Waals surface area contributed by atoms with Crippen LogP contribution in [-0.2, 0) is 4.79 Å². The second-order valence-corrected chi connectivity index (χ2v) is 4.38. The molecule has 1 atom stereocenters. The van der Waals surface area contributed by atoms with E-state index in [9.17, 15) is 9.90 Å². The van der Waals surface area contributed by atoms with E-state index < -0.39 is 0 Å². The minimum absolute atomic E-state index is 0.00433. The van der Waals surface area contributed by atoms with Crippen molar-refractivity contribution in [3.63, 3.8) is 0 Å². The lowest BCUT2D eigenvalue weighted by Gasteiger charge is -2.19. The Morgan fingerprint density at radius 3 is 3.18 bits per heavy atom. The summed E-state index contributed by atoms with van der Waals surface area (Å²) in [5.74, 6) is 0.0902. The summed E-state index contributed by atoms with van der Waals surface area (Å²) in [6.07, 6.45) is 3.82. The fourth-order valence-corrected chi connectivity index (χ4v) is 2.08. The number of aromatic hydroxyl groups is 1. The van der Waals surface area contributed by atoms with Gasteiger partial charge in [0.05, 0.1) is 6.54 Å². The van der Waals surface area contributed by atoms with E-state index in [0.717, 1.165) is 19.4 Å². The van der Waals surface area contributed by atoms with Crippen molar-refractivity contribution in [1.82, 2.24) is 9.88 Å². The minimum atomic E-state index is -0.132. The molecule has 1 fully saturated rings. The Hall–Kier alpha value is -1.62. The first-order valence-corrected chi connectivity index (χ1v) is 5.84. The number of rotatable bonds is 3. The smallest absolute Gasteiger partial charge is 0.239 e. The number of anilines is 1. The Labute approximate surface area is 100 Å². The molecule has 1 unspecified atom stereocenters. The van der Waals surface area contributed by atoms with Crippen LogP contribution in [0.5, 0.6) is 5.75 Å². The molecular formula is C12H17N3O2. The van der Waals surface area contributed by atoms with E-state index in [1.165, 1.54) is 12.3 Å². The Kier molecular flexibility index (Phi) is 3.58. The molecule has 0 aliphatic carbocycles. The predicted octanol–water partition coefficient (Wildman–Crippen LogP) is 1.21. The number of carbonyl (C=O) groups excluding carboxylic acids is 1. The maximum Gasteiger partial charge on any atom is 0.239 e. The third kappa shape index (κ3) is 2.94. The maximum absolute atomic E-state index is 11.8. The largest absolute Gasteiger partial charge is 0.504 e. The van der Waals surface area contributed by atoms with Crippen LogP contribution in [0.4, 0.5) is 5.82 Å². The molecule has 1 aromatic heterocycles. The average Bonchev–Trinajstić information content (AvgIpc) is 2.68. The lowest BCUT2D eigenvalue weighted by molar-refractivity contribution is -0.117. The van der Waals surface area contributed by atoms with Crippen LogP contribution < -0.4 is 5.32 Å². The molecule has 17 heavy (non-hydrogen) atoms. The van der Waals surface area contributed by atoms with Gasteiger partial charge in [-0.15, -0.1) is 0 Å². The summed E-state index contributed by atoms with van der Waals surface area (Å²) < 4.78 is 0. The Balaban J connectivity index is 1.91. The van der Waals surface area contributed by atoms with Crippen LogP contribution in [0, 0.1) is 0 Å². The molecule has 2 rings (SSSR count). The van der Waals surface area contributed by atoms with Crippen molar-refractivity contribution in [1.29, 1.82) is 0 Å². The second-order valence-electron chi connectivity index (χ2n) is 4.38. The summed E-state index contributed by atoms with van der Waals surface area (Å²) in [5, 5.41) is 12.1. The van der Waals surface area contributed by atoms with Crippen molar-refractivity contribution in [2.75, 3.05) is 18.4 Å². The summed E-state index contributed by atoms with van der Waals surface area (Å²) >= 11 is 0. The van der Waals surface area contributed by atoms with Gasteiger partial charge in [0, 0.05) is 12.2 Å². The van der Waals surface area contributed by atoms with Gasteiger partial charge < -0.3 is 10.4 Å². The number of nitrogens with zero attached hydrogens (tertiary/aromatic N) is 2. The third-order valence-corrected chi connectivity index (χ3v) is 3.08. The van der Waals surface area contributed by atoms with E-state index in [2.05, 4.69) is 22.1 Å². The number of amides is 1. The first-order valence-electron chi connectivity index (χ1n) is 5.84.